The summed E-state index contributed by atoms with van der Waals surface area (Å²) >= 11 is 3.22. The predicted molar refractivity (Wildman–Crippen MR) is 89.9 cm³/mol. The van der Waals surface area contributed by atoms with E-state index in [2.05, 4.69) is 22.5 Å². The molecule has 0 atom stereocenters. The number of hydrogen-bond donors (Lipinski definition) is 0. The normalized spacial score (nSPS) is 11.0. The Morgan fingerprint density at radius 3 is 2.43 bits per heavy atom. The van der Waals surface area contributed by atoms with E-state index in [0.717, 1.165) is 0 Å². The summed E-state index contributed by atoms with van der Waals surface area (Å²) in [6.07, 6.45) is 0.385. The highest BCUT2D eigenvalue weighted by molar-refractivity contribution is 9.09. The van der Waals surface area contributed by atoms with Crippen LogP contribution in [0.1, 0.15) is 36.7 Å². The van der Waals surface area contributed by atoms with Gasteiger partial charge in [0.25, 0.3) is 5.69 Å². The fraction of sp³-hybridized carbons (Fsp3) is 0.375. The number of halogens is 1. The van der Waals surface area contributed by atoms with Gasteiger partial charge in [-0.2, -0.15) is 0 Å². The average Bonchev–Trinajstić information content (AvgIpc) is 2.43. The lowest BCUT2D eigenvalue weighted by atomic mass is 10.00. The second-order valence-electron chi connectivity index (χ2n) is 5.85. The van der Waals surface area contributed by atoms with Gasteiger partial charge >= 0.3 is 5.97 Å². The van der Waals surface area contributed by atoms with Gasteiger partial charge in [0.1, 0.15) is 11.2 Å². The Morgan fingerprint density at radius 2 is 1.96 bits per heavy atom. The number of ether oxygens (including phenoxy) is 1. The SMILES string of the molecule is C=C(C(=O)OC(C)(C)C)C(=O)c1ccc([N+](=O)[O-])c(CCBr)c1. The topological polar surface area (TPSA) is 86.5 Å². The van der Waals surface area contributed by atoms with Crippen LogP contribution in [0, 0.1) is 10.1 Å². The number of carbonyl (C=O) groups excluding carboxylic acids is 2. The smallest absolute Gasteiger partial charge is 0.342 e. The zero-order valence-electron chi connectivity index (χ0n) is 13.2. The molecule has 0 aliphatic heterocycles. The fourth-order valence-electron chi connectivity index (χ4n) is 1.81. The molecule has 0 N–H and O–H groups in total. The number of ketones is 1. The van der Waals surface area contributed by atoms with Gasteiger partial charge in [0, 0.05) is 22.5 Å². The number of aryl methyl sites for hydroxylation is 1. The summed E-state index contributed by atoms with van der Waals surface area (Å²) in [5.74, 6) is -1.41. The summed E-state index contributed by atoms with van der Waals surface area (Å²) in [5.41, 5.74) is -0.531. The van der Waals surface area contributed by atoms with E-state index in [-0.39, 0.29) is 16.8 Å². The lowest BCUT2D eigenvalue weighted by molar-refractivity contribution is -0.385. The molecule has 1 rings (SSSR count). The molecule has 0 bridgehead atoms. The van der Waals surface area contributed by atoms with Gasteiger partial charge in [0.05, 0.1) is 4.92 Å². The molecule has 0 unspecified atom stereocenters. The zero-order chi connectivity index (χ0) is 17.8. The number of alkyl halides is 1. The van der Waals surface area contributed by atoms with Crippen LogP contribution in [0.15, 0.2) is 30.4 Å². The third kappa shape index (κ3) is 5.28. The molecule has 0 aliphatic rings. The number of Topliss-reactive ketones (excluding diaryl/α,β-unsaturated/α-hetero) is 1. The number of esters is 1. The Balaban J connectivity index is 3.08. The highest BCUT2D eigenvalue weighted by Crippen LogP contribution is 2.23. The van der Waals surface area contributed by atoms with E-state index in [0.29, 0.717) is 17.3 Å². The molecule has 124 valence electrons. The maximum atomic E-state index is 12.3. The number of nitro benzene ring substituents is 1. The van der Waals surface area contributed by atoms with Crippen molar-refractivity contribution in [1.29, 1.82) is 0 Å². The molecule has 0 heterocycles. The minimum Gasteiger partial charge on any atom is -0.456 e. The monoisotopic (exact) mass is 383 g/mol. The van der Waals surface area contributed by atoms with Gasteiger partial charge in [-0.3, -0.25) is 14.9 Å². The van der Waals surface area contributed by atoms with Crippen molar-refractivity contribution in [2.75, 3.05) is 5.33 Å². The molecule has 1 aromatic rings. The van der Waals surface area contributed by atoms with Crippen molar-refractivity contribution >= 4 is 33.4 Å². The molecule has 0 spiro atoms. The summed E-state index contributed by atoms with van der Waals surface area (Å²) in [5, 5.41) is 11.5. The van der Waals surface area contributed by atoms with Gasteiger partial charge in [0.15, 0.2) is 5.78 Å². The van der Waals surface area contributed by atoms with Crippen LogP contribution in [0.2, 0.25) is 0 Å². The number of benzene rings is 1. The van der Waals surface area contributed by atoms with Crippen LogP contribution in [0.4, 0.5) is 5.69 Å². The van der Waals surface area contributed by atoms with E-state index >= 15 is 0 Å². The second-order valence-corrected chi connectivity index (χ2v) is 6.64. The van der Waals surface area contributed by atoms with Gasteiger partial charge in [-0.15, -0.1) is 0 Å². The van der Waals surface area contributed by atoms with Crippen molar-refractivity contribution in [1.82, 2.24) is 0 Å². The molecule has 1 aromatic carbocycles. The van der Waals surface area contributed by atoms with Gasteiger partial charge in [-0.25, -0.2) is 4.79 Å². The molecule has 0 radical (unpaired) electrons. The molecule has 6 nitrogen and oxygen atoms in total. The first kappa shape index (κ1) is 19.0. The fourth-order valence-corrected chi connectivity index (χ4v) is 2.24. The van der Waals surface area contributed by atoms with Crippen LogP contribution in [0.5, 0.6) is 0 Å². The van der Waals surface area contributed by atoms with Crippen LogP contribution in [-0.2, 0) is 16.0 Å². The lowest BCUT2D eigenvalue weighted by Crippen LogP contribution is -2.27. The minimum absolute atomic E-state index is 0.0659. The molecular formula is C16H18BrNO5. The minimum atomic E-state index is -0.803. The Labute approximate surface area is 142 Å². The van der Waals surface area contributed by atoms with E-state index in [1.165, 1.54) is 18.2 Å². The van der Waals surface area contributed by atoms with Gasteiger partial charge in [0.2, 0.25) is 0 Å². The largest absolute Gasteiger partial charge is 0.456 e. The molecule has 0 aromatic heterocycles. The van der Waals surface area contributed by atoms with E-state index in [4.69, 9.17) is 4.74 Å². The number of carbonyl (C=O) groups is 2. The van der Waals surface area contributed by atoms with Crippen LogP contribution < -0.4 is 0 Å². The van der Waals surface area contributed by atoms with E-state index < -0.39 is 22.3 Å². The standard InChI is InChI=1S/C16H18BrNO5/c1-10(15(20)23-16(2,3)4)14(19)12-5-6-13(18(21)22)11(9-12)7-8-17/h5-6,9H,1,7-8H2,2-4H3. The molecule has 0 saturated carbocycles. The van der Waals surface area contributed by atoms with Crippen molar-refractivity contribution in [3.05, 3.63) is 51.6 Å². The van der Waals surface area contributed by atoms with Crippen molar-refractivity contribution in [3.63, 3.8) is 0 Å². The molecule has 0 saturated heterocycles. The van der Waals surface area contributed by atoms with Crippen LogP contribution in [-0.4, -0.2) is 27.6 Å². The molecule has 0 aliphatic carbocycles. The van der Waals surface area contributed by atoms with E-state index in [9.17, 15) is 19.7 Å². The van der Waals surface area contributed by atoms with E-state index in [1.54, 1.807) is 20.8 Å². The van der Waals surface area contributed by atoms with Gasteiger partial charge in [-0.1, -0.05) is 22.5 Å². The Hall–Kier alpha value is -2.02. The summed E-state index contributed by atoms with van der Waals surface area (Å²) in [4.78, 5) is 34.7. The summed E-state index contributed by atoms with van der Waals surface area (Å²) < 4.78 is 5.11. The highest BCUT2D eigenvalue weighted by Gasteiger charge is 2.25. The van der Waals surface area contributed by atoms with Crippen molar-refractivity contribution in [2.24, 2.45) is 0 Å². The summed E-state index contributed by atoms with van der Waals surface area (Å²) in [7, 11) is 0. The van der Waals surface area contributed by atoms with Crippen LogP contribution in [0.25, 0.3) is 0 Å². The Morgan fingerprint density at radius 1 is 1.35 bits per heavy atom. The third-order valence-electron chi connectivity index (χ3n) is 2.82. The first-order valence-corrected chi connectivity index (χ1v) is 7.99. The number of rotatable bonds is 6. The molecule has 0 amide bonds. The molecule has 0 fully saturated rings. The maximum Gasteiger partial charge on any atom is 0.342 e. The third-order valence-corrected chi connectivity index (χ3v) is 3.22. The van der Waals surface area contributed by atoms with Gasteiger partial charge in [-0.05, 0) is 39.3 Å². The lowest BCUT2D eigenvalue weighted by Gasteiger charge is -2.19. The molecule has 23 heavy (non-hydrogen) atoms. The quantitative estimate of drug-likeness (QED) is 0.109. The van der Waals surface area contributed by atoms with Gasteiger partial charge < -0.3 is 4.74 Å². The first-order valence-electron chi connectivity index (χ1n) is 6.87. The van der Waals surface area contributed by atoms with E-state index in [1.807, 2.05) is 0 Å². The Kier molecular flexibility index (Phi) is 6.20. The first-order chi connectivity index (χ1) is 10.6. The van der Waals surface area contributed by atoms with Crippen LogP contribution in [0.3, 0.4) is 0 Å². The van der Waals surface area contributed by atoms with Crippen molar-refractivity contribution < 1.29 is 19.2 Å². The zero-order valence-corrected chi connectivity index (χ0v) is 14.8. The van der Waals surface area contributed by atoms with Crippen LogP contribution >= 0.6 is 15.9 Å². The maximum absolute atomic E-state index is 12.3. The highest BCUT2D eigenvalue weighted by atomic mass is 79.9. The summed E-state index contributed by atoms with van der Waals surface area (Å²) in [6, 6.07) is 3.98. The number of hydrogen-bond acceptors (Lipinski definition) is 5. The number of nitro groups is 1. The average molecular weight is 384 g/mol. The Bertz CT molecular complexity index is 661. The predicted octanol–water partition coefficient (Wildman–Crippen LogP) is 3.61. The molecular weight excluding hydrogens is 366 g/mol. The second kappa shape index (κ2) is 7.50. The van der Waals surface area contributed by atoms with Crippen molar-refractivity contribution in [2.45, 2.75) is 32.8 Å². The van der Waals surface area contributed by atoms with Crippen molar-refractivity contribution in [3.8, 4) is 0 Å². The summed E-state index contributed by atoms with van der Waals surface area (Å²) in [6.45, 7) is 8.53. The molecule has 7 heteroatoms. The number of nitrogens with zero attached hydrogens (tertiary/aromatic N) is 1.